The minimum atomic E-state index is -0.381. The lowest BCUT2D eigenvalue weighted by molar-refractivity contribution is -0.117. The maximum atomic E-state index is 13.7. The zero-order valence-electron chi connectivity index (χ0n) is 25.5. The molecule has 0 bridgehead atoms. The van der Waals surface area contributed by atoms with Crippen molar-refractivity contribution in [2.75, 3.05) is 43.1 Å². The second-order valence-corrected chi connectivity index (χ2v) is 12.0. The zero-order chi connectivity index (χ0) is 31.4. The van der Waals surface area contributed by atoms with Gasteiger partial charge in [-0.05, 0) is 74.8 Å². The molecule has 5 rings (SSSR count). The van der Waals surface area contributed by atoms with E-state index < -0.39 is 0 Å². The van der Waals surface area contributed by atoms with E-state index >= 15 is 0 Å². The molecule has 3 aromatic carbocycles. The Morgan fingerprint density at radius 1 is 1.09 bits per heavy atom. The van der Waals surface area contributed by atoms with Crippen molar-refractivity contribution in [3.63, 3.8) is 0 Å². The number of aliphatic hydroxyl groups excluding tert-OH is 1. The van der Waals surface area contributed by atoms with Crippen LogP contribution >= 0.6 is 0 Å². The predicted molar refractivity (Wildman–Crippen MR) is 171 cm³/mol. The molecule has 1 saturated carbocycles. The summed E-state index contributed by atoms with van der Waals surface area (Å²) in [6.07, 6.45) is 1.52. The minimum Gasteiger partial charge on any atom is -0.488 e. The first-order valence-corrected chi connectivity index (χ1v) is 15.1. The van der Waals surface area contributed by atoms with Gasteiger partial charge in [-0.3, -0.25) is 19.3 Å². The van der Waals surface area contributed by atoms with Gasteiger partial charge >= 0.3 is 0 Å². The highest BCUT2D eigenvalue weighted by molar-refractivity contribution is 6.05. The Morgan fingerprint density at radius 3 is 2.50 bits per heavy atom. The fraction of sp³-hybridized carbons (Fsp3) is 0.382. The molecule has 3 aromatic rings. The third kappa shape index (κ3) is 7.38. The molecule has 0 aromatic heterocycles. The molecule has 10 heteroatoms. The van der Waals surface area contributed by atoms with E-state index in [2.05, 4.69) is 15.5 Å². The summed E-state index contributed by atoms with van der Waals surface area (Å²) in [6.45, 7) is 5.31. The van der Waals surface area contributed by atoms with Gasteiger partial charge in [0, 0.05) is 42.7 Å². The number of hydrogen-bond donors (Lipinski definition) is 4. The quantitative estimate of drug-likeness (QED) is 0.256. The third-order valence-corrected chi connectivity index (χ3v) is 8.25. The Bertz CT molecular complexity index is 1510. The van der Waals surface area contributed by atoms with Crippen LogP contribution in [-0.4, -0.2) is 71.5 Å². The van der Waals surface area contributed by atoms with E-state index in [9.17, 15) is 19.5 Å². The average Bonchev–Trinajstić information content (AvgIpc) is 3.86. The molecule has 44 heavy (non-hydrogen) atoms. The molecule has 0 saturated heterocycles. The van der Waals surface area contributed by atoms with Crippen molar-refractivity contribution < 1.29 is 24.2 Å². The Labute approximate surface area is 258 Å². The van der Waals surface area contributed by atoms with Crippen LogP contribution in [0.15, 0.2) is 66.7 Å². The van der Waals surface area contributed by atoms with Crippen molar-refractivity contribution in [1.29, 1.82) is 0 Å². The normalized spacial score (nSPS) is 18.9. The van der Waals surface area contributed by atoms with Crippen LogP contribution in [-0.2, 0) is 11.3 Å². The molecule has 0 spiro atoms. The van der Waals surface area contributed by atoms with Crippen LogP contribution in [0.1, 0.15) is 53.0 Å². The SMILES string of the molecule is C[C@@H]1CN([C@@H](C)CO)C(=O)c2cc(NC(=O)C3CC3)ccc2O[C@@H]1CN(C)Cc1ccc(C(=O)Nc2ccccc2N)cc1. The molecule has 232 valence electrons. The smallest absolute Gasteiger partial charge is 0.258 e. The van der Waals surface area contributed by atoms with Crippen molar-refractivity contribution in [2.24, 2.45) is 11.8 Å². The van der Waals surface area contributed by atoms with E-state index in [4.69, 9.17) is 10.5 Å². The van der Waals surface area contributed by atoms with Crippen molar-refractivity contribution >= 4 is 34.8 Å². The highest BCUT2D eigenvalue weighted by Gasteiger charge is 2.34. The van der Waals surface area contributed by atoms with Crippen LogP contribution in [0.2, 0.25) is 0 Å². The fourth-order valence-electron chi connectivity index (χ4n) is 5.36. The van der Waals surface area contributed by atoms with Crippen LogP contribution in [0.25, 0.3) is 0 Å². The monoisotopic (exact) mass is 599 g/mol. The van der Waals surface area contributed by atoms with Gasteiger partial charge < -0.3 is 31.1 Å². The van der Waals surface area contributed by atoms with Gasteiger partial charge in [-0.25, -0.2) is 0 Å². The number of fused-ring (bicyclic) bond motifs is 1. The molecule has 5 N–H and O–H groups in total. The highest BCUT2D eigenvalue weighted by atomic mass is 16.5. The number of carbonyl (C=O) groups excluding carboxylic acids is 3. The number of nitrogen functional groups attached to an aromatic ring is 1. The van der Waals surface area contributed by atoms with Gasteiger partial charge in [-0.15, -0.1) is 0 Å². The summed E-state index contributed by atoms with van der Waals surface area (Å²) in [5.41, 5.74) is 9.52. The lowest BCUT2D eigenvalue weighted by Crippen LogP contribution is -2.49. The Kier molecular flexibility index (Phi) is 9.51. The summed E-state index contributed by atoms with van der Waals surface area (Å²) in [4.78, 5) is 42.6. The average molecular weight is 600 g/mol. The van der Waals surface area contributed by atoms with E-state index in [-0.39, 0.29) is 48.3 Å². The summed E-state index contributed by atoms with van der Waals surface area (Å²) in [6, 6.07) is 19.4. The number of anilines is 3. The molecular weight excluding hydrogens is 558 g/mol. The fourth-order valence-corrected chi connectivity index (χ4v) is 5.36. The van der Waals surface area contributed by atoms with E-state index in [1.807, 2.05) is 45.2 Å². The van der Waals surface area contributed by atoms with Gasteiger partial charge in [-0.2, -0.15) is 0 Å². The number of benzene rings is 3. The van der Waals surface area contributed by atoms with E-state index in [0.717, 1.165) is 18.4 Å². The summed E-state index contributed by atoms with van der Waals surface area (Å²) in [5.74, 6) is -0.0419. The topological polar surface area (TPSA) is 137 Å². The second kappa shape index (κ2) is 13.5. The molecule has 0 radical (unpaired) electrons. The molecule has 1 fully saturated rings. The van der Waals surface area contributed by atoms with Crippen molar-refractivity contribution in [3.05, 3.63) is 83.4 Å². The van der Waals surface area contributed by atoms with Crippen molar-refractivity contribution in [1.82, 2.24) is 9.80 Å². The lowest BCUT2D eigenvalue weighted by Gasteiger charge is -2.38. The number of nitrogens with zero attached hydrogens (tertiary/aromatic N) is 2. The van der Waals surface area contributed by atoms with Crippen LogP contribution in [0.3, 0.4) is 0 Å². The molecule has 3 amide bonds. The molecule has 1 aliphatic carbocycles. The Morgan fingerprint density at radius 2 is 1.82 bits per heavy atom. The van der Waals surface area contributed by atoms with Crippen molar-refractivity contribution in [2.45, 2.75) is 45.4 Å². The largest absolute Gasteiger partial charge is 0.488 e. The maximum absolute atomic E-state index is 13.7. The van der Waals surface area contributed by atoms with E-state index in [0.29, 0.717) is 53.6 Å². The standard InChI is InChI=1S/C34H41N5O5/c1-21-17-39(22(2)20-40)34(43)27-16-26(36-32(41)25-12-13-25)14-15-30(27)44-31(21)19-38(3)18-23-8-10-24(11-9-23)33(42)37-29-7-5-4-6-28(29)35/h4-11,14-16,21-22,25,31,40H,12-13,17-20,35H2,1-3H3,(H,36,41)(H,37,42)/t21-,22+,31-/m1/s1. The van der Waals surface area contributed by atoms with Gasteiger partial charge in [0.25, 0.3) is 11.8 Å². The first-order chi connectivity index (χ1) is 21.1. The molecule has 10 nitrogen and oxygen atoms in total. The molecule has 1 heterocycles. The number of nitrogens with one attached hydrogen (secondary N) is 2. The van der Waals surface area contributed by atoms with Crippen LogP contribution in [0.4, 0.5) is 17.1 Å². The van der Waals surface area contributed by atoms with Crippen LogP contribution in [0.5, 0.6) is 5.75 Å². The second-order valence-electron chi connectivity index (χ2n) is 12.0. The zero-order valence-corrected chi connectivity index (χ0v) is 25.5. The molecule has 3 atom stereocenters. The summed E-state index contributed by atoms with van der Waals surface area (Å²) in [5, 5.41) is 15.7. The minimum absolute atomic E-state index is 0.0331. The molecule has 1 aliphatic heterocycles. The molecule has 2 aliphatic rings. The lowest BCUT2D eigenvalue weighted by atomic mass is 9.99. The van der Waals surface area contributed by atoms with Gasteiger partial charge in [0.15, 0.2) is 0 Å². The maximum Gasteiger partial charge on any atom is 0.258 e. The number of nitrogens with two attached hydrogens (primary N) is 1. The number of hydrogen-bond acceptors (Lipinski definition) is 7. The van der Waals surface area contributed by atoms with E-state index in [1.165, 1.54) is 0 Å². The molecule has 0 unspecified atom stereocenters. The number of amides is 3. The first-order valence-electron chi connectivity index (χ1n) is 15.1. The summed E-state index contributed by atoms with van der Waals surface area (Å²) < 4.78 is 6.50. The number of para-hydroxylation sites is 2. The first kappa shape index (κ1) is 31.0. The Balaban J connectivity index is 1.28. The predicted octanol–water partition coefficient (Wildman–Crippen LogP) is 4.22. The number of likely N-dealkylation sites (N-methyl/N-ethyl adjacent to an activating group) is 1. The van der Waals surface area contributed by atoms with E-state index in [1.54, 1.807) is 47.4 Å². The highest BCUT2D eigenvalue weighted by Crippen LogP contribution is 2.33. The summed E-state index contributed by atoms with van der Waals surface area (Å²) >= 11 is 0. The van der Waals surface area contributed by atoms with Gasteiger partial charge in [0.05, 0.1) is 29.6 Å². The van der Waals surface area contributed by atoms with Crippen LogP contribution in [0, 0.1) is 11.8 Å². The van der Waals surface area contributed by atoms with Gasteiger partial charge in [0.1, 0.15) is 11.9 Å². The summed E-state index contributed by atoms with van der Waals surface area (Å²) in [7, 11) is 2.00. The Hall–Kier alpha value is -4.41. The number of ether oxygens (including phenoxy) is 1. The molecular formula is C34H41N5O5. The van der Waals surface area contributed by atoms with Gasteiger partial charge in [-0.1, -0.05) is 31.2 Å². The van der Waals surface area contributed by atoms with Crippen LogP contribution < -0.4 is 21.1 Å². The van der Waals surface area contributed by atoms with Crippen molar-refractivity contribution in [3.8, 4) is 5.75 Å². The number of aliphatic hydroxyl groups is 1. The third-order valence-electron chi connectivity index (χ3n) is 8.25. The van der Waals surface area contributed by atoms with Gasteiger partial charge in [0.2, 0.25) is 5.91 Å². The number of rotatable bonds is 10. The number of carbonyl (C=O) groups is 3.